The Morgan fingerprint density at radius 2 is 1.86 bits per heavy atom. The van der Waals surface area contributed by atoms with Gasteiger partial charge in [0.1, 0.15) is 19.0 Å². The van der Waals surface area contributed by atoms with E-state index in [0.717, 1.165) is 5.56 Å². The van der Waals surface area contributed by atoms with Gasteiger partial charge < -0.3 is 20.1 Å². The number of carbonyl (C=O) groups is 2. The van der Waals surface area contributed by atoms with Crippen molar-refractivity contribution in [1.29, 1.82) is 0 Å². The van der Waals surface area contributed by atoms with Gasteiger partial charge in [-0.25, -0.2) is 0 Å². The lowest BCUT2D eigenvalue weighted by molar-refractivity contribution is -0.131. The number of benzene rings is 1. The molecule has 0 saturated carbocycles. The third-order valence-corrected chi connectivity index (χ3v) is 3.93. The number of para-hydroxylation sites is 1. The van der Waals surface area contributed by atoms with E-state index in [1.807, 2.05) is 6.07 Å². The summed E-state index contributed by atoms with van der Waals surface area (Å²) in [6.07, 6.45) is 3.73. The molecule has 2 amide bonds. The summed E-state index contributed by atoms with van der Waals surface area (Å²) in [6, 6.07) is 9.33. The van der Waals surface area contributed by atoms with Crippen molar-refractivity contribution >= 4 is 11.8 Å². The molecule has 156 valence electrons. The molecule has 9 heteroatoms. The van der Waals surface area contributed by atoms with E-state index in [2.05, 4.69) is 20.4 Å². The van der Waals surface area contributed by atoms with Crippen LogP contribution >= 0.6 is 0 Å². The average molecular weight is 407 g/mol. The van der Waals surface area contributed by atoms with E-state index >= 15 is 0 Å². The normalized spacial score (nSPS) is 11.7. The molecule has 2 N–H and O–H groups in total. The van der Waals surface area contributed by atoms with E-state index < -0.39 is 18.6 Å². The third kappa shape index (κ3) is 7.82. The Morgan fingerprint density at radius 3 is 2.55 bits per heavy atom. The minimum Gasteiger partial charge on any atom is -0.434 e. The Balaban J connectivity index is 1.78. The van der Waals surface area contributed by atoms with Gasteiger partial charge in [-0.05, 0) is 24.1 Å². The van der Waals surface area contributed by atoms with Crippen molar-refractivity contribution in [1.82, 2.24) is 15.6 Å². The highest BCUT2D eigenvalue weighted by molar-refractivity contribution is 5.79. The first-order valence-electron chi connectivity index (χ1n) is 9.06. The standard InChI is InChI=1S/C20H23F2N3O4/c1-2-16(15-7-3-4-8-17(15)29-20(21)22)25-19(27)13-28-12-18(26)24-11-14-6-5-9-23-10-14/h3-10,16,20H,2,11-13H2,1H3,(H,24,26)(H,25,27)/t16-/m0/s1. The van der Waals surface area contributed by atoms with Crippen molar-refractivity contribution < 1.29 is 27.8 Å². The van der Waals surface area contributed by atoms with Crippen molar-refractivity contribution in [2.24, 2.45) is 0 Å². The Bertz CT molecular complexity index is 790. The molecule has 0 aliphatic heterocycles. The maximum Gasteiger partial charge on any atom is 0.387 e. The summed E-state index contributed by atoms with van der Waals surface area (Å²) >= 11 is 0. The van der Waals surface area contributed by atoms with Crippen LogP contribution in [-0.2, 0) is 20.9 Å². The molecule has 2 aromatic rings. The van der Waals surface area contributed by atoms with Crippen molar-refractivity contribution in [3.8, 4) is 5.75 Å². The molecule has 29 heavy (non-hydrogen) atoms. The van der Waals surface area contributed by atoms with Crippen molar-refractivity contribution in [2.45, 2.75) is 32.5 Å². The maximum absolute atomic E-state index is 12.6. The highest BCUT2D eigenvalue weighted by Crippen LogP contribution is 2.28. The number of aromatic nitrogens is 1. The average Bonchev–Trinajstić information content (AvgIpc) is 2.71. The number of hydrogen-bond acceptors (Lipinski definition) is 5. The molecular weight excluding hydrogens is 384 g/mol. The van der Waals surface area contributed by atoms with Crippen LogP contribution in [0, 0.1) is 0 Å². The Kier molecular flexibility index (Phi) is 8.97. The van der Waals surface area contributed by atoms with Gasteiger partial charge in [-0.2, -0.15) is 8.78 Å². The fourth-order valence-electron chi connectivity index (χ4n) is 2.60. The van der Waals surface area contributed by atoms with Crippen molar-refractivity contribution in [3.05, 3.63) is 59.9 Å². The lowest BCUT2D eigenvalue weighted by Crippen LogP contribution is -2.34. The van der Waals surface area contributed by atoms with Crippen molar-refractivity contribution in [3.63, 3.8) is 0 Å². The molecule has 0 radical (unpaired) electrons. The number of amides is 2. The first-order chi connectivity index (χ1) is 14.0. The maximum atomic E-state index is 12.6. The molecule has 0 bridgehead atoms. The second-order valence-corrected chi connectivity index (χ2v) is 6.08. The van der Waals surface area contributed by atoms with Gasteiger partial charge in [0.15, 0.2) is 0 Å². The summed E-state index contributed by atoms with van der Waals surface area (Å²) < 4.78 is 34.8. The predicted octanol–water partition coefficient (Wildman–Crippen LogP) is 2.58. The molecule has 1 aromatic heterocycles. The molecule has 0 aliphatic rings. The van der Waals surface area contributed by atoms with Gasteiger partial charge in [-0.3, -0.25) is 14.6 Å². The van der Waals surface area contributed by atoms with Crippen LogP contribution in [0.2, 0.25) is 0 Å². The summed E-state index contributed by atoms with van der Waals surface area (Å²) in [6.45, 7) is -1.47. The van der Waals surface area contributed by atoms with Gasteiger partial charge in [0.25, 0.3) is 0 Å². The smallest absolute Gasteiger partial charge is 0.387 e. The zero-order valence-electron chi connectivity index (χ0n) is 15.9. The topological polar surface area (TPSA) is 89.5 Å². The molecule has 0 fully saturated rings. The van der Waals surface area contributed by atoms with E-state index in [1.54, 1.807) is 43.6 Å². The number of nitrogens with zero attached hydrogens (tertiary/aromatic N) is 1. The molecule has 7 nitrogen and oxygen atoms in total. The number of hydrogen-bond donors (Lipinski definition) is 2. The van der Waals surface area contributed by atoms with Crippen LogP contribution in [0.25, 0.3) is 0 Å². The number of alkyl halides is 2. The Hall–Kier alpha value is -3.07. The van der Waals surface area contributed by atoms with Gasteiger partial charge >= 0.3 is 6.61 Å². The summed E-state index contributed by atoms with van der Waals surface area (Å²) in [7, 11) is 0. The van der Waals surface area contributed by atoms with Crippen LogP contribution < -0.4 is 15.4 Å². The van der Waals surface area contributed by atoms with Gasteiger partial charge in [0.2, 0.25) is 11.8 Å². The second-order valence-electron chi connectivity index (χ2n) is 6.08. The van der Waals surface area contributed by atoms with Crippen LogP contribution in [0.1, 0.15) is 30.5 Å². The number of halogens is 2. The first kappa shape index (κ1) is 22.2. The molecule has 0 unspecified atom stereocenters. The van der Waals surface area contributed by atoms with E-state index in [1.165, 1.54) is 6.07 Å². The van der Waals surface area contributed by atoms with Crippen LogP contribution in [0.4, 0.5) is 8.78 Å². The first-order valence-corrected chi connectivity index (χ1v) is 9.06. The Labute approximate surface area is 167 Å². The minimum atomic E-state index is -2.96. The third-order valence-electron chi connectivity index (χ3n) is 3.93. The number of pyridine rings is 1. The summed E-state index contributed by atoms with van der Waals surface area (Å²) in [4.78, 5) is 27.8. The molecule has 1 aromatic carbocycles. The van der Waals surface area contributed by atoms with Crippen LogP contribution in [0.5, 0.6) is 5.75 Å². The van der Waals surface area contributed by atoms with E-state index in [4.69, 9.17) is 4.74 Å². The highest BCUT2D eigenvalue weighted by atomic mass is 19.3. The second kappa shape index (κ2) is 11.7. The zero-order chi connectivity index (χ0) is 21.1. The molecule has 1 heterocycles. The summed E-state index contributed by atoms with van der Waals surface area (Å²) in [5, 5.41) is 5.35. The van der Waals surface area contributed by atoms with E-state index in [-0.39, 0.29) is 24.9 Å². The molecule has 2 rings (SSSR count). The van der Waals surface area contributed by atoms with Gasteiger partial charge in [0, 0.05) is 24.5 Å². The molecule has 0 saturated heterocycles. The molecule has 1 atom stereocenters. The predicted molar refractivity (Wildman–Crippen MR) is 101 cm³/mol. The van der Waals surface area contributed by atoms with Crippen molar-refractivity contribution in [2.75, 3.05) is 13.2 Å². The van der Waals surface area contributed by atoms with E-state index in [0.29, 0.717) is 18.5 Å². The summed E-state index contributed by atoms with van der Waals surface area (Å²) in [5.41, 5.74) is 1.28. The van der Waals surface area contributed by atoms with Gasteiger partial charge in [0.05, 0.1) is 6.04 Å². The van der Waals surface area contributed by atoms with E-state index in [9.17, 15) is 18.4 Å². The molecule has 0 aliphatic carbocycles. The summed E-state index contributed by atoms with van der Waals surface area (Å²) in [5.74, 6) is -0.835. The lowest BCUT2D eigenvalue weighted by atomic mass is 10.0. The number of ether oxygens (including phenoxy) is 2. The van der Waals surface area contributed by atoms with Crippen LogP contribution in [-0.4, -0.2) is 36.6 Å². The monoisotopic (exact) mass is 407 g/mol. The molecular formula is C20H23F2N3O4. The number of rotatable bonds is 11. The quantitative estimate of drug-likeness (QED) is 0.598. The Morgan fingerprint density at radius 1 is 1.10 bits per heavy atom. The zero-order valence-corrected chi connectivity index (χ0v) is 15.9. The largest absolute Gasteiger partial charge is 0.434 e. The van der Waals surface area contributed by atoms with Crippen LogP contribution in [0.15, 0.2) is 48.8 Å². The molecule has 0 spiro atoms. The SMILES string of the molecule is CC[C@H](NC(=O)COCC(=O)NCc1cccnc1)c1ccccc1OC(F)F. The number of nitrogens with one attached hydrogen (secondary N) is 2. The fourth-order valence-corrected chi connectivity index (χ4v) is 2.60. The van der Waals surface area contributed by atoms with Crippen LogP contribution in [0.3, 0.4) is 0 Å². The van der Waals surface area contributed by atoms with Gasteiger partial charge in [-0.15, -0.1) is 0 Å². The fraction of sp³-hybridized carbons (Fsp3) is 0.350. The van der Waals surface area contributed by atoms with Gasteiger partial charge in [-0.1, -0.05) is 31.2 Å². The number of carbonyl (C=O) groups excluding carboxylic acids is 2. The highest BCUT2D eigenvalue weighted by Gasteiger charge is 2.19. The minimum absolute atomic E-state index is 0.00495. The lowest BCUT2D eigenvalue weighted by Gasteiger charge is -2.20.